The van der Waals surface area contributed by atoms with Gasteiger partial charge in [-0.05, 0) is 49.6 Å². The summed E-state index contributed by atoms with van der Waals surface area (Å²) >= 11 is 0. The van der Waals surface area contributed by atoms with Gasteiger partial charge in [0.05, 0.1) is 18.2 Å². The van der Waals surface area contributed by atoms with Gasteiger partial charge in [0.1, 0.15) is 6.04 Å². The number of amides is 1. The maximum atomic E-state index is 12.9. The van der Waals surface area contributed by atoms with Crippen LogP contribution in [0.25, 0.3) is 0 Å². The molecule has 0 bridgehead atoms. The normalized spacial score (nSPS) is 16.5. The fourth-order valence-corrected chi connectivity index (χ4v) is 3.23. The van der Waals surface area contributed by atoms with E-state index in [2.05, 4.69) is 4.74 Å². The maximum absolute atomic E-state index is 12.9. The standard InChI is InChI=1S/C20H22N2O3/c1-20(2)15-6-4-5-7-17(15)22(19(20)24)14-10-8-13(9-11-14)12-16(21)18(23)25-3/h4-11,16H,12,21H2,1-3H3/t16-/m0/s1. The fourth-order valence-electron chi connectivity index (χ4n) is 3.23. The zero-order valence-corrected chi connectivity index (χ0v) is 14.7. The molecule has 2 aromatic rings. The zero-order valence-electron chi connectivity index (χ0n) is 14.7. The number of carbonyl (C=O) groups is 2. The first-order valence-corrected chi connectivity index (χ1v) is 8.22. The van der Waals surface area contributed by atoms with Gasteiger partial charge >= 0.3 is 5.97 Å². The van der Waals surface area contributed by atoms with Crippen molar-refractivity contribution < 1.29 is 14.3 Å². The van der Waals surface area contributed by atoms with Gasteiger partial charge in [-0.1, -0.05) is 30.3 Å². The number of carbonyl (C=O) groups excluding carboxylic acids is 2. The molecule has 1 aliphatic rings. The Hall–Kier alpha value is -2.66. The number of para-hydroxylation sites is 1. The molecule has 5 nitrogen and oxygen atoms in total. The Kier molecular flexibility index (Phi) is 4.35. The minimum absolute atomic E-state index is 0.0488. The van der Waals surface area contributed by atoms with Crippen LogP contribution in [0.3, 0.4) is 0 Å². The number of anilines is 2. The van der Waals surface area contributed by atoms with Crippen molar-refractivity contribution in [3.63, 3.8) is 0 Å². The average molecular weight is 338 g/mol. The van der Waals surface area contributed by atoms with Crippen LogP contribution in [0.2, 0.25) is 0 Å². The first-order chi connectivity index (χ1) is 11.9. The lowest BCUT2D eigenvalue weighted by Gasteiger charge is -2.21. The lowest BCUT2D eigenvalue weighted by Crippen LogP contribution is -2.34. The number of benzene rings is 2. The summed E-state index contributed by atoms with van der Waals surface area (Å²) < 4.78 is 4.65. The van der Waals surface area contributed by atoms with Gasteiger partial charge in [-0.15, -0.1) is 0 Å². The van der Waals surface area contributed by atoms with Crippen LogP contribution in [-0.4, -0.2) is 25.0 Å². The first-order valence-electron chi connectivity index (χ1n) is 8.22. The minimum atomic E-state index is -0.691. The van der Waals surface area contributed by atoms with Crippen LogP contribution in [0.5, 0.6) is 0 Å². The van der Waals surface area contributed by atoms with Crippen molar-refractivity contribution in [2.75, 3.05) is 12.0 Å². The van der Waals surface area contributed by atoms with Gasteiger partial charge < -0.3 is 10.5 Å². The second kappa shape index (κ2) is 6.33. The van der Waals surface area contributed by atoms with Gasteiger partial charge in [0.15, 0.2) is 0 Å². The summed E-state index contributed by atoms with van der Waals surface area (Å²) in [6.45, 7) is 3.88. The summed E-state index contributed by atoms with van der Waals surface area (Å²) in [6, 6.07) is 14.7. The summed E-state index contributed by atoms with van der Waals surface area (Å²) in [5.74, 6) is -0.387. The molecule has 1 amide bonds. The second-order valence-electron chi connectivity index (χ2n) is 6.78. The molecule has 3 rings (SSSR count). The molecular weight excluding hydrogens is 316 g/mol. The highest BCUT2D eigenvalue weighted by Gasteiger charge is 2.44. The number of fused-ring (bicyclic) bond motifs is 1. The number of nitrogens with two attached hydrogens (primary N) is 1. The van der Waals surface area contributed by atoms with Crippen molar-refractivity contribution in [1.82, 2.24) is 0 Å². The van der Waals surface area contributed by atoms with E-state index in [1.165, 1.54) is 7.11 Å². The molecular formula is C20H22N2O3. The second-order valence-corrected chi connectivity index (χ2v) is 6.78. The molecule has 25 heavy (non-hydrogen) atoms. The van der Waals surface area contributed by atoms with Crippen molar-refractivity contribution in [2.45, 2.75) is 31.7 Å². The highest BCUT2D eigenvalue weighted by atomic mass is 16.5. The quantitative estimate of drug-likeness (QED) is 0.870. The fraction of sp³-hybridized carbons (Fsp3) is 0.300. The Bertz CT molecular complexity index is 812. The first kappa shape index (κ1) is 17.2. The van der Waals surface area contributed by atoms with Crippen LogP contribution in [-0.2, 0) is 26.2 Å². The van der Waals surface area contributed by atoms with E-state index >= 15 is 0 Å². The van der Waals surface area contributed by atoms with Crippen LogP contribution in [0.4, 0.5) is 11.4 Å². The van der Waals surface area contributed by atoms with Crippen molar-refractivity contribution >= 4 is 23.3 Å². The number of rotatable bonds is 4. The number of esters is 1. The van der Waals surface area contributed by atoms with Crippen molar-refractivity contribution in [2.24, 2.45) is 5.73 Å². The van der Waals surface area contributed by atoms with E-state index in [0.717, 1.165) is 22.5 Å². The number of nitrogens with zero attached hydrogens (tertiary/aromatic N) is 1. The Labute approximate surface area is 147 Å². The predicted molar refractivity (Wildman–Crippen MR) is 96.8 cm³/mol. The third kappa shape index (κ3) is 2.91. The Morgan fingerprint density at radius 2 is 1.80 bits per heavy atom. The molecule has 0 fully saturated rings. The lowest BCUT2D eigenvalue weighted by molar-refractivity contribution is -0.142. The molecule has 1 atom stereocenters. The summed E-state index contributed by atoms with van der Waals surface area (Å²) in [4.78, 5) is 26.1. The van der Waals surface area contributed by atoms with Gasteiger partial charge in [-0.2, -0.15) is 0 Å². The highest BCUT2D eigenvalue weighted by molar-refractivity contribution is 6.12. The average Bonchev–Trinajstić information content (AvgIpc) is 2.82. The van der Waals surface area contributed by atoms with Crippen molar-refractivity contribution in [3.8, 4) is 0 Å². The molecule has 2 aromatic carbocycles. The Morgan fingerprint density at radius 1 is 1.16 bits per heavy atom. The van der Waals surface area contributed by atoms with Crippen molar-refractivity contribution in [1.29, 1.82) is 0 Å². The highest BCUT2D eigenvalue weighted by Crippen LogP contribution is 2.44. The van der Waals surface area contributed by atoms with E-state index in [-0.39, 0.29) is 5.91 Å². The van der Waals surface area contributed by atoms with Crippen LogP contribution in [0, 0.1) is 0 Å². The van der Waals surface area contributed by atoms with E-state index in [4.69, 9.17) is 5.73 Å². The van der Waals surface area contributed by atoms with E-state index in [0.29, 0.717) is 6.42 Å². The van der Waals surface area contributed by atoms with E-state index in [9.17, 15) is 9.59 Å². The molecule has 2 N–H and O–H groups in total. The molecule has 0 spiro atoms. The summed E-state index contributed by atoms with van der Waals surface area (Å²) in [7, 11) is 1.32. The van der Waals surface area contributed by atoms with Crippen LogP contribution in [0.15, 0.2) is 48.5 Å². The van der Waals surface area contributed by atoms with Gasteiger partial charge in [0.25, 0.3) is 0 Å². The largest absolute Gasteiger partial charge is 0.468 e. The SMILES string of the molecule is COC(=O)[C@@H](N)Cc1ccc(N2C(=O)C(C)(C)c3ccccc32)cc1. The smallest absolute Gasteiger partial charge is 0.322 e. The third-order valence-electron chi connectivity index (χ3n) is 4.71. The lowest BCUT2D eigenvalue weighted by atomic mass is 9.86. The predicted octanol–water partition coefficient (Wildman–Crippen LogP) is 2.69. The minimum Gasteiger partial charge on any atom is -0.468 e. The van der Waals surface area contributed by atoms with E-state index in [1.807, 2.05) is 62.4 Å². The van der Waals surface area contributed by atoms with Crippen LogP contribution >= 0.6 is 0 Å². The van der Waals surface area contributed by atoms with E-state index in [1.54, 1.807) is 4.90 Å². The van der Waals surface area contributed by atoms with Gasteiger partial charge in [0, 0.05) is 5.69 Å². The number of methoxy groups -OCH3 is 1. The summed E-state index contributed by atoms with van der Waals surface area (Å²) in [6.07, 6.45) is 0.392. The van der Waals surface area contributed by atoms with Gasteiger partial charge in [-0.3, -0.25) is 14.5 Å². The molecule has 1 aliphatic heterocycles. The molecule has 0 aromatic heterocycles. The topological polar surface area (TPSA) is 72.6 Å². The molecule has 0 unspecified atom stereocenters. The van der Waals surface area contributed by atoms with Gasteiger partial charge in [-0.25, -0.2) is 0 Å². The Balaban J connectivity index is 1.88. The Morgan fingerprint density at radius 3 is 2.44 bits per heavy atom. The molecule has 0 aliphatic carbocycles. The number of hydrogen-bond acceptors (Lipinski definition) is 4. The summed E-state index contributed by atoms with van der Waals surface area (Å²) in [5.41, 5.74) is 8.91. The molecule has 5 heteroatoms. The van der Waals surface area contributed by atoms with E-state index < -0.39 is 17.4 Å². The van der Waals surface area contributed by atoms with Crippen molar-refractivity contribution in [3.05, 3.63) is 59.7 Å². The van der Waals surface area contributed by atoms with Gasteiger partial charge in [0.2, 0.25) is 5.91 Å². The summed E-state index contributed by atoms with van der Waals surface area (Å²) in [5, 5.41) is 0. The monoisotopic (exact) mass is 338 g/mol. The third-order valence-corrected chi connectivity index (χ3v) is 4.71. The number of ether oxygens (including phenoxy) is 1. The molecule has 0 saturated carbocycles. The molecule has 0 radical (unpaired) electrons. The van der Waals surface area contributed by atoms with Crippen LogP contribution < -0.4 is 10.6 Å². The van der Waals surface area contributed by atoms with Crippen LogP contribution in [0.1, 0.15) is 25.0 Å². The molecule has 0 saturated heterocycles. The zero-order chi connectivity index (χ0) is 18.2. The maximum Gasteiger partial charge on any atom is 0.322 e. The molecule has 130 valence electrons. The number of hydrogen-bond donors (Lipinski definition) is 1. The molecule has 1 heterocycles.